The number of nitrogens with one attached hydrogen (secondary N) is 2. The van der Waals surface area contributed by atoms with E-state index in [9.17, 15) is 9.59 Å². The van der Waals surface area contributed by atoms with Crippen molar-refractivity contribution in [3.8, 4) is 0 Å². The van der Waals surface area contributed by atoms with E-state index in [1.807, 2.05) is 0 Å². The number of benzene rings is 1. The van der Waals surface area contributed by atoms with Gasteiger partial charge < -0.3 is 15.1 Å². The van der Waals surface area contributed by atoms with E-state index in [1.165, 1.54) is 6.07 Å². The summed E-state index contributed by atoms with van der Waals surface area (Å²) in [5.41, 5.74) is 0.498. The zero-order chi connectivity index (χ0) is 15.4. The molecule has 2 N–H and O–H groups in total. The summed E-state index contributed by atoms with van der Waals surface area (Å²) < 4.78 is 5.15. The molecular formula is C14H12Cl2N2O3. The van der Waals surface area contributed by atoms with E-state index in [4.69, 9.17) is 27.6 Å². The van der Waals surface area contributed by atoms with E-state index in [-0.39, 0.29) is 18.2 Å². The summed E-state index contributed by atoms with van der Waals surface area (Å²) in [4.78, 5) is 23.4. The summed E-state index contributed by atoms with van der Waals surface area (Å²) in [6, 6.07) is 7.93. The first kappa shape index (κ1) is 15.4. The molecule has 1 aromatic heterocycles. The molecule has 0 spiro atoms. The van der Waals surface area contributed by atoms with Crippen LogP contribution < -0.4 is 10.6 Å². The molecule has 0 saturated heterocycles. The van der Waals surface area contributed by atoms with Crippen LogP contribution in [0.25, 0.3) is 0 Å². The standard InChI is InChI=1S/C14H12Cl2N2O3/c1-8-2-5-12(21-8)14(20)17-7-13(19)18-9-3-4-10(15)11(16)6-9/h2-6H,7H2,1H3,(H,17,20)(H,18,19). The smallest absolute Gasteiger partial charge is 0.287 e. The number of carbonyl (C=O) groups excluding carboxylic acids is 2. The van der Waals surface area contributed by atoms with Crippen LogP contribution >= 0.6 is 23.2 Å². The van der Waals surface area contributed by atoms with Gasteiger partial charge in [0.05, 0.1) is 16.6 Å². The van der Waals surface area contributed by atoms with Crippen LogP contribution in [0.3, 0.4) is 0 Å². The first-order chi connectivity index (χ1) is 9.95. The van der Waals surface area contributed by atoms with Gasteiger partial charge in [0.25, 0.3) is 5.91 Å². The average Bonchev–Trinajstić information content (AvgIpc) is 2.87. The minimum Gasteiger partial charge on any atom is -0.456 e. The fraction of sp³-hybridized carbons (Fsp3) is 0.143. The SMILES string of the molecule is Cc1ccc(C(=O)NCC(=O)Nc2ccc(Cl)c(Cl)c2)o1. The van der Waals surface area contributed by atoms with E-state index in [0.29, 0.717) is 21.5 Å². The van der Waals surface area contributed by atoms with Gasteiger partial charge in [-0.05, 0) is 37.3 Å². The molecule has 0 saturated carbocycles. The molecule has 5 nitrogen and oxygen atoms in total. The lowest BCUT2D eigenvalue weighted by molar-refractivity contribution is -0.115. The highest BCUT2D eigenvalue weighted by molar-refractivity contribution is 6.42. The Labute approximate surface area is 131 Å². The Bertz CT molecular complexity index is 683. The largest absolute Gasteiger partial charge is 0.456 e. The number of carbonyl (C=O) groups is 2. The molecule has 2 amide bonds. The molecule has 0 radical (unpaired) electrons. The third-order valence-electron chi connectivity index (χ3n) is 2.58. The third-order valence-corrected chi connectivity index (χ3v) is 3.32. The van der Waals surface area contributed by atoms with Crippen molar-refractivity contribution < 1.29 is 14.0 Å². The molecule has 0 aliphatic rings. The van der Waals surface area contributed by atoms with Gasteiger partial charge in [0.1, 0.15) is 5.76 Å². The molecular weight excluding hydrogens is 315 g/mol. The monoisotopic (exact) mass is 326 g/mol. The second-order valence-electron chi connectivity index (χ2n) is 4.27. The van der Waals surface area contributed by atoms with Crippen LogP contribution in [0.2, 0.25) is 10.0 Å². The van der Waals surface area contributed by atoms with Crippen molar-refractivity contribution in [2.75, 3.05) is 11.9 Å². The number of aryl methyl sites for hydroxylation is 1. The van der Waals surface area contributed by atoms with Crippen molar-refractivity contribution in [3.63, 3.8) is 0 Å². The van der Waals surface area contributed by atoms with Crippen molar-refractivity contribution in [2.45, 2.75) is 6.92 Å². The van der Waals surface area contributed by atoms with Gasteiger partial charge in [-0.15, -0.1) is 0 Å². The van der Waals surface area contributed by atoms with Crippen molar-refractivity contribution >= 4 is 40.7 Å². The summed E-state index contributed by atoms with van der Waals surface area (Å²) in [6.07, 6.45) is 0. The highest BCUT2D eigenvalue weighted by Gasteiger charge is 2.11. The van der Waals surface area contributed by atoms with Crippen LogP contribution in [0.1, 0.15) is 16.3 Å². The maximum absolute atomic E-state index is 11.7. The topological polar surface area (TPSA) is 71.3 Å². The number of halogens is 2. The molecule has 110 valence electrons. The summed E-state index contributed by atoms with van der Waals surface area (Å²) in [5, 5.41) is 5.79. The molecule has 2 aromatic rings. The minimum absolute atomic E-state index is 0.162. The molecule has 0 bridgehead atoms. The lowest BCUT2D eigenvalue weighted by Gasteiger charge is -2.07. The maximum atomic E-state index is 11.7. The van der Waals surface area contributed by atoms with Crippen LogP contribution in [-0.4, -0.2) is 18.4 Å². The second kappa shape index (κ2) is 6.65. The predicted octanol–water partition coefficient (Wildman–Crippen LogP) is 3.26. The van der Waals surface area contributed by atoms with Gasteiger partial charge in [0.2, 0.25) is 5.91 Å². The molecule has 0 aliphatic carbocycles. The van der Waals surface area contributed by atoms with Gasteiger partial charge in [0, 0.05) is 5.69 Å². The van der Waals surface area contributed by atoms with Crippen molar-refractivity contribution in [3.05, 3.63) is 51.9 Å². The number of amides is 2. The van der Waals surface area contributed by atoms with Crippen LogP contribution in [0.4, 0.5) is 5.69 Å². The number of furan rings is 1. The van der Waals surface area contributed by atoms with Gasteiger partial charge >= 0.3 is 0 Å². The molecule has 1 aromatic carbocycles. The highest BCUT2D eigenvalue weighted by atomic mass is 35.5. The molecule has 0 aliphatic heterocycles. The summed E-state index contributed by atoms with van der Waals surface area (Å²) in [7, 11) is 0. The fourth-order valence-corrected chi connectivity index (χ4v) is 1.88. The molecule has 0 fully saturated rings. The quantitative estimate of drug-likeness (QED) is 0.905. The van der Waals surface area contributed by atoms with Crippen LogP contribution in [0, 0.1) is 6.92 Å². The second-order valence-corrected chi connectivity index (χ2v) is 5.08. The average molecular weight is 327 g/mol. The number of anilines is 1. The minimum atomic E-state index is -0.451. The van der Waals surface area contributed by atoms with Crippen molar-refractivity contribution in [2.24, 2.45) is 0 Å². The number of hydrogen-bond acceptors (Lipinski definition) is 3. The van der Waals surface area contributed by atoms with Crippen LogP contribution in [-0.2, 0) is 4.79 Å². The maximum Gasteiger partial charge on any atom is 0.287 e. The summed E-state index contributed by atoms with van der Waals surface area (Å²) in [6.45, 7) is 1.55. The molecule has 7 heteroatoms. The Hall–Kier alpha value is -1.98. The third kappa shape index (κ3) is 4.24. The summed E-state index contributed by atoms with van der Waals surface area (Å²) in [5.74, 6) is -0.0485. The number of hydrogen-bond donors (Lipinski definition) is 2. The summed E-state index contributed by atoms with van der Waals surface area (Å²) >= 11 is 11.6. The van der Waals surface area contributed by atoms with E-state index in [1.54, 1.807) is 31.2 Å². The van der Waals surface area contributed by atoms with Gasteiger partial charge in [-0.1, -0.05) is 23.2 Å². The Morgan fingerprint density at radius 1 is 1.14 bits per heavy atom. The van der Waals surface area contributed by atoms with Gasteiger partial charge in [0.15, 0.2) is 5.76 Å². The lowest BCUT2D eigenvalue weighted by Crippen LogP contribution is -2.32. The Balaban J connectivity index is 1.87. The zero-order valence-corrected chi connectivity index (χ0v) is 12.6. The Kier molecular flexibility index (Phi) is 4.88. The highest BCUT2D eigenvalue weighted by Crippen LogP contribution is 2.24. The predicted molar refractivity (Wildman–Crippen MR) is 80.9 cm³/mol. The lowest BCUT2D eigenvalue weighted by atomic mass is 10.3. The zero-order valence-electron chi connectivity index (χ0n) is 11.1. The molecule has 0 unspecified atom stereocenters. The molecule has 1 heterocycles. The molecule has 0 atom stereocenters. The first-order valence-corrected chi connectivity index (χ1v) is 6.81. The van der Waals surface area contributed by atoms with E-state index < -0.39 is 5.91 Å². The van der Waals surface area contributed by atoms with Crippen molar-refractivity contribution in [1.29, 1.82) is 0 Å². The molecule has 21 heavy (non-hydrogen) atoms. The number of rotatable bonds is 4. The molecule has 2 rings (SSSR count). The van der Waals surface area contributed by atoms with Gasteiger partial charge in [-0.2, -0.15) is 0 Å². The Morgan fingerprint density at radius 3 is 2.52 bits per heavy atom. The normalized spacial score (nSPS) is 10.2. The van der Waals surface area contributed by atoms with Gasteiger partial charge in [-0.3, -0.25) is 9.59 Å². The Morgan fingerprint density at radius 2 is 1.90 bits per heavy atom. The van der Waals surface area contributed by atoms with Gasteiger partial charge in [-0.25, -0.2) is 0 Å². The van der Waals surface area contributed by atoms with E-state index in [2.05, 4.69) is 10.6 Å². The van der Waals surface area contributed by atoms with Crippen LogP contribution in [0.5, 0.6) is 0 Å². The first-order valence-electron chi connectivity index (χ1n) is 6.05. The fourth-order valence-electron chi connectivity index (χ4n) is 1.58. The van der Waals surface area contributed by atoms with E-state index in [0.717, 1.165) is 0 Å². The van der Waals surface area contributed by atoms with Crippen molar-refractivity contribution in [1.82, 2.24) is 5.32 Å². The van der Waals surface area contributed by atoms with E-state index >= 15 is 0 Å². The van der Waals surface area contributed by atoms with Crippen LogP contribution in [0.15, 0.2) is 34.7 Å².